The lowest BCUT2D eigenvalue weighted by molar-refractivity contribution is -0.119. The van der Waals surface area contributed by atoms with Gasteiger partial charge < -0.3 is 14.9 Å². The Morgan fingerprint density at radius 2 is 1.88 bits per heavy atom. The van der Waals surface area contributed by atoms with Crippen molar-refractivity contribution in [2.75, 3.05) is 0 Å². The van der Waals surface area contributed by atoms with Gasteiger partial charge in [0.2, 0.25) is 0 Å². The minimum absolute atomic E-state index is 0.0215. The number of benzene rings is 1. The zero-order chi connectivity index (χ0) is 17.7. The SMILES string of the molecule is C[C@H]1CCCC(=O)CCC/C=C/c2c(Cl)c(O)cc(O)c2C(=O)O1. The molecule has 0 fully saturated rings. The number of carbonyl (C=O) groups is 2. The third kappa shape index (κ3) is 4.51. The number of rotatable bonds is 0. The summed E-state index contributed by atoms with van der Waals surface area (Å²) in [5.74, 6) is -1.19. The summed E-state index contributed by atoms with van der Waals surface area (Å²) in [6, 6.07) is 1.03. The predicted molar refractivity (Wildman–Crippen MR) is 91.4 cm³/mol. The Morgan fingerprint density at radius 1 is 1.17 bits per heavy atom. The highest BCUT2D eigenvalue weighted by molar-refractivity contribution is 6.34. The standard InChI is InChI=1S/C18H21ClO5/c1-11-6-5-8-12(20)7-3-2-4-9-13-16(18(23)24-11)14(21)10-15(22)17(13)19/h4,9-11,21-22H,2-3,5-8H2,1H3/b9-4+/t11-/m0/s1. The molecule has 0 saturated carbocycles. The number of hydrogen-bond acceptors (Lipinski definition) is 5. The second kappa shape index (κ2) is 8.20. The van der Waals surface area contributed by atoms with Crippen molar-refractivity contribution in [3.63, 3.8) is 0 Å². The largest absolute Gasteiger partial charge is 0.507 e. The summed E-state index contributed by atoms with van der Waals surface area (Å²) in [7, 11) is 0. The molecule has 2 rings (SSSR count). The van der Waals surface area contributed by atoms with E-state index in [0.29, 0.717) is 38.5 Å². The average Bonchev–Trinajstić information content (AvgIpc) is 2.50. The van der Waals surface area contributed by atoms with Crippen molar-refractivity contribution < 1.29 is 24.5 Å². The Hall–Kier alpha value is -2.01. The molecule has 5 nitrogen and oxygen atoms in total. The van der Waals surface area contributed by atoms with E-state index in [-0.39, 0.29) is 33.4 Å². The van der Waals surface area contributed by atoms with Crippen molar-refractivity contribution in [1.82, 2.24) is 0 Å². The Labute approximate surface area is 145 Å². The molecule has 0 bridgehead atoms. The third-order valence-electron chi connectivity index (χ3n) is 3.95. The van der Waals surface area contributed by atoms with Crippen LogP contribution in [-0.4, -0.2) is 28.1 Å². The van der Waals surface area contributed by atoms with Gasteiger partial charge >= 0.3 is 5.97 Å². The van der Waals surface area contributed by atoms with Gasteiger partial charge in [-0.05, 0) is 32.6 Å². The van der Waals surface area contributed by atoms with Crippen LogP contribution >= 0.6 is 11.6 Å². The molecule has 1 aliphatic rings. The number of carbonyl (C=O) groups excluding carboxylic acids is 2. The van der Waals surface area contributed by atoms with E-state index in [9.17, 15) is 19.8 Å². The molecule has 1 atom stereocenters. The molecule has 0 spiro atoms. The summed E-state index contributed by atoms with van der Waals surface area (Å²) in [6.07, 6.45) is 6.47. The first kappa shape index (κ1) is 18.3. The first-order valence-corrected chi connectivity index (χ1v) is 8.41. The van der Waals surface area contributed by atoms with Crippen LogP contribution in [0.4, 0.5) is 0 Å². The van der Waals surface area contributed by atoms with Crippen LogP contribution in [-0.2, 0) is 9.53 Å². The zero-order valence-corrected chi connectivity index (χ0v) is 14.3. The van der Waals surface area contributed by atoms with Crippen molar-refractivity contribution in [2.24, 2.45) is 0 Å². The van der Waals surface area contributed by atoms with Gasteiger partial charge in [0.1, 0.15) is 22.8 Å². The summed E-state index contributed by atoms with van der Waals surface area (Å²) < 4.78 is 5.35. The average molecular weight is 353 g/mol. The Morgan fingerprint density at radius 3 is 2.62 bits per heavy atom. The molecule has 0 aliphatic carbocycles. The fraction of sp³-hybridized carbons (Fsp3) is 0.444. The number of phenolic OH excluding ortho intramolecular Hbond substituents is 2. The van der Waals surface area contributed by atoms with Crippen LogP contribution in [0.5, 0.6) is 11.5 Å². The number of allylic oxidation sites excluding steroid dienone is 1. The Kier molecular flexibility index (Phi) is 6.26. The van der Waals surface area contributed by atoms with Gasteiger partial charge in [0.25, 0.3) is 0 Å². The van der Waals surface area contributed by atoms with E-state index in [1.165, 1.54) is 0 Å². The van der Waals surface area contributed by atoms with Gasteiger partial charge in [0.05, 0.1) is 11.1 Å². The first-order valence-electron chi connectivity index (χ1n) is 8.03. The minimum atomic E-state index is -0.704. The van der Waals surface area contributed by atoms with Crippen molar-refractivity contribution in [2.45, 2.75) is 51.6 Å². The van der Waals surface area contributed by atoms with Crippen LogP contribution in [0.3, 0.4) is 0 Å². The van der Waals surface area contributed by atoms with E-state index >= 15 is 0 Å². The van der Waals surface area contributed by atoms with Crippen LogP contribution in [0, 0.1) is 0 Å². The summed E-state index contributed by atoms with van der Waals surface area (Å²) in [5, 5.41) is 19.8. The molecule has 130 valence electrons. The van der Waals surface area contributed by atoms with Gasteiger partial charge in [-0.2, -0.15) is 0 Å². The first-order chi connectivity index (χ1) is 11.4. The minimum Gasteiger partial charge on any atom is -0.507 e. The third-order valence-corrected chi connectivity index (χ3v) is 4.35. The lowest BCUT2D eigenvalue weighted by atomic mass is 10.0. The molecule has 0 saturated heterocycles. The predicted octanol–water partition coefficient (Wildman–Crippen LogP) is 4.23. The molecule has 1 aliphatic heterocycles. The topological polar surface area (TPSA) is 83.8 Å². The number of Topliss-reactive ketones (excluding diaryl/α,β-unsaturated/α-hetero) is 1. The van der Waals surface area contributed by atoms with Gasteiger partial charge in [-0.3, -0.25) is 4.79 Å². The second-order valence-corrected chi connectivity index (χ2v) is 6.34. The van der Waals surface area contributed by atoms with Crippen molar-refractivity contribution >= 4 is 29.4 Å². The fourth-order valence-corrected chi connectivity index (χ4v) is 2.86. The number of esters is 1. The molecule has 24 heavy (non-hydrogen) atoms. The Balaban J connectivity index is 2.40. The maximum atomic E-state index is 12.4. The van der Waals surface area contributed by atoms with E-state index in [2.05, 4.69) is 0 Å². The van der Waals surface area contributed by atoms with Crippen molar-refractivity contribution in [1.29, 1.82) is 0 Å². The summed E-state index contributed by atoms with van der Waals surface area (Å²) in [5.41, 5.74) is 0.156. The molecule has 0 unspecified atom stereocenters. The number of halogens is 1. The van der Waals surface area contributed by atoms with E-state index in [4.69, 9.17) is 16.3 Å². The lowest BCUT2D eigenvalue weighted by Crippen LogP contribution is -2.17. The number of aromatic hydroxyl groups is 2. The van der Waals surface area contributed by atoms with Crippen molar-refractivity contribution in [3.05, 3.63) is 28.3 Å². The van der Waals surface area contributed by atoms with Gasteiger partial charge in [0, 0.05) is 24.5 Å². The molecule has 1 aromatic carbocycles. The van der Waals surface area contributed by atoms with Crippen LogP contribution in [0.25, 0.3) is 6.08 Å². The van der Waals surface area contributed by atoms with E-state index < -0.39 is 12.1 Å². The molecular weight excluding hydrogens is 332 g/mol. The van der Waals surface area contributed by atoms with Gasteiger partial charge in [0.15, 0.2) is 0 Å². The van der Waals surface area contributed by atoms with Gasteiger partial charge in [-0.1, -0.05) is 23.8 Å². The van der Waals surface area contributed by atoms with Gasteiger partial charge in [-0.15, -0.1) is 0 Å². The van der Waals surface area contributed by atoms with E-state index in [1.807, 2.05) is 0 Å². The van der Waals surface area contributed by atoms with E-state index in [0.717, 1.165) is 6.07 Å². The maximum Gasteiger partial charge on any atom is 0.342 e. The number of phenols is 2. The normalized spacial score (nSPS) is 21.5. The van der Waals surface area contributed by atoms with Gasteiger partial charge in [-0.25, -0.2) is 4.79 Å². The number of fused-ring (bicyclic) bond motifs is 1. The highest BCUT2D eigenvalue weighted by atomic mass is 35.5. The highest BCUT2D eigenvalue weighted by Gasteiger charge is 2.23. The molecule has 0 radical (unpaired) electrons. The molecule has 2 N–H and O–H groups in total. The summed E-state index contributed by atoms with van der Waals surface area (Å²) in [6.45, 7) is 1.74. The maximum absolute atomic E-state index is 12.4. The van der Waals surface area contributed by atoms with E-state index in [1.54, 1.807) is 19.1 Å². The molecular formula is C18H21ClO5. The lowest BCUT2D eigenvalue weighted by Gasteiger charge is -2.16. The highest BCUT2D eigenvalue weighted by Crippen LogP contribution is 2.37. The molecule has 0 aromatic heterocycles. The quantitative estimate of drug-likeness (QED) is 0.682. The molecule has 1 heterocycles. The Bertz CT molecular complexity index is 666. The van der Waals surface area contributed by atoms with Crippen molar-refractivity contribution in [3.8, 4) is 11.5 Å². The van der Waals surface area contributed by atoms with Crippen LogP contribution in [0.1, 0.15) is 61.4 Å². The zero-order valence-electron chi connectivity index (χ0n) is 13.5. The van der Waals surface area contributed by atoms with Crippen LogP contribution in [0.2, 0.25) is 5.02 Å². The van der Waals surface area contributed by atoms with Crippen LogP contribution in [0.15, 0.2) is 12.1 Å². The monoisotopic (exact) mass is 352 g/mol. The number of ketones is 1. The van der Waals surface area contributed by atoms with Crippen LogP contribution < -0.4 is 0 Å². The molecule has 0 amide bonds. The smallest absolute Gasteiger partial charge is 0.342 e. The number of ether oxygens (including phenoxy) is 1. The summed E-state index contributed by atoms with van der Waals surface area (Å²) >= 11 is 6.09. The molecule has 6 heteroatoms. The number of cyclic esters (lactones) is 1. The fourth-order valence-electron chi connectivity index (χ4n) is 2.65. The summed E-state index contributed by atoms with van der Waals surface area (Å²) in [4.78, 5) is 24.2. The molecule has 1 aromatic rings. The number of hydrogen-bond donors (Lipinski definition) is 2. The second-order valence-electron chi connectivity index (χ2n) is 5.96.